The first-order valence-corrected chi connectivity index (χ1v) is 6.67. The van der Waals surface area contributed by atoms with E-state index in [1.807, 2.05) is 11.8 Å². The summed E-state index contributed by atoms with van der Waals surface area (Å²) in [6.07, 6.45) is 0.353. The molecule has 2 heterocycles. The zero-order valence-corrected chi connectivity index (χ0v) is 12.5. The van der Waals surface area contributed by atoms with Crippen molar-refractivity contribution < 1.29 is 14.3 Å². The van der Waals surface area contributed by atoms with E-state index < -0.39 is 5.79 Å². The van der Waals surface area contributed by atoms with Crippen molar-refractivity contribution in [2.45, 2.75) is 78.5 Å². The van der Waals surface area contributed by atoms with Crippen molar-refractivity contribution in [3.63, 3.8) is 0 Å². The van der Waals surface area contributed by atoms with Gasteiger partial charge in [0.25, 0.3) is 11.7 Å². The molecule has 2 aliphatic rings. The van der Waals surface area contributed by atoms with Gasteiger partial charge in [-0.05, 0) is 33.1 Å². The van der Waals surface area contributed by atoms with Gasteiger partial charge in [-0.1, -0.05) is 20.8 Å². The molecular formula is C14H25NO3. The van der Waals surface area contributed by atoms with Crippen LogP contribution in [0.25, 0.3) is 0 Å². The third kappa shape index (κ3) is 1.95. The van der Waals surface area contributed by atoms with Gasteiger partial charge in [0.15, 0.2) is 6.29 Å². The van der Waals surface area contributed by atoms with E-state index in [9.17, 15) is 4.79 Å². The number of carbonyl (C=O) groups is 1. The molecule has 2 aliphatic heterocycles. The molecule has 0 saturated carbocycles. The minimum absolute atomic E-state index is 0.0119. The highest BCUT2D eigenvalue weighted by Crippen LogP contribution is 2.48. The number of hydrogen-bond acceptors (Lipinski definition) is 3. The van der Waals surface area contributed by atoms with Crippen molar-refractivity contribution in [1.29, 1.82) is 0 Å². The van der Waals surface area contributed by atoms with Crippen LogP contribution in [0.2, 0.25) is 0 Å². The van der Waals surface area contributed by atoms with Gasteiger partial charge in [-0.15, -0.1) is 0 Å². The minimum Gasteiger partial charge on any atom is -0.329 e. The Morgan fingerprint density at radius 3 is 1.94 bits per heavy atom. The molecule has 2 saturated heterocycles. The Morgan fingerprint density at radius 2 is 1.67 bits per heavy atom. The molecule has 0 aromatic carbocycles. The fourth-order valence-electron chi connectivity index (χ4n) is 2.97. The highest BCUT2D eigenvalue weighted by molar-refractivity contribution is 5.88. The van der Waals surface area contributed by atoms with E-state index in [0.717, 1.165) is 0 Å². The van der Waals surface area contributed by atoms with Crippen LogP contribution in [0.1, 0.15) is 54.9 Å². The lowest BCUT2D eigenvalue weighted by atomic mass is 9.83. The van der Waals surface area contributed by atoms with E-state index in [-0.39, 0.29) is 29.2 Å². The van der Waals surface area contributed by atoms with Gasteiger partial charge in [-0.3, -0.25) is 4.79 Å². The topological polar surface area (TPSA) is 38.8 Å². The van der Waals surface area contributed by atoms with E-state index in [0.29, 0.717) is 6.42 Å². The largest absolute Gasteiger partial charge is 0.329 e. The summed E-state index contributed by atoms with van der Waals surface area (Å²) >= 11 is 0. The van der Waals surface area contributed by atoms with Crippen LogP contribution in [-0.2, 0) is 14.3 Å². The quantitative estimate of drug-likeness (QED) is 0.667. The van der Waals surface area contributed by atoms with Crippen LogP contribution in [0, 0.1) is 5.41 Å². The maximum atomic E-state index is 12.6. The number of carbonyl (C=O) groups excluding carboxylic acids is 1. The minimum atomic E-state index is -1.01. The molecule has 2 rings (SSSR count). The number of nitrogens with zero attached hydrogens (tertiary/aromatic N) is 1. The van der Waals surface area contributed by atoms with E-state index in [1.165, 1.54) is 0 Å². The molecule has 0 aromatic heterocycles. The highest BCUT2D eigenvalue weighted by Gasteiger charge is 2.64. The van der Waals surface area contributed by atoms with E-state index in [2.05, 4.69) is 41.5 Å². The number of likely N-dealkylation sites (tertiary alicyclic amines) is 1. The molecule has 104 valence electrons. The summed E-state index contributed by atoms with van der Waals surface area (Å²) < 4.78 is 11.3. The molecule has 4 nitrogen and oxygen atoms in total. The second kappa shape index (κ2) is 3.70. The Kier molecular flexibility index (Phi) is 2.84. The smallest absolute Gasteiger partial charge is 0.283 e. The van der Waals surface area contributed by atoms with Gasteiger partial charge in [0, 0.05) is 18.0 Å². The molecule has 4 heteroatoms. The molecule has 0 aromatic rings. The Bertz CT molecular complexity index is 358. The first kappa shape index (κ1) is 13.8. The van der Waals surface area contributed by atoms with Crippen molar-refractivity contribution in [3.05, 3.63) is 0 Å². The van der Waals surface area contributed by atoms with Gasteiger partial charge in [-0.2, -0.15) is 0 Å². The molecule has 0 bridgehead atoms. The van der Waals surface area contributed by atoms with Crippen molar-refractivity contribution in [1.82, 2.24) is 4.90 Å². The standard InChI is InChI=1S/C14H25NO3/c1-9-17-14(18-9)8-10(12(2,3)4)15(11(14)16)13(5,6)7/h9-10H,8H2,1-7H3. The van der Waals surface area contributed by atoms with E-state index >= 15 is 0 Å². The van der Waals surface area contributed by atoms with Crippen LogP contribution < -0.4 is 0 Å². The first-order valence-electron chi connectivity index (χ1n) is 6.67. The monoisotopic (exact) mass is 255 g/mol. The van der Waals surface area contributed by atoms with Crippen molar-refractivity contribution in [3.8, 4) is 0 Å². The lowest BCUT2D eigenvalue weighted by molar-refractivity contribution is -0.420. The van der Waals surface area contributed by atoms with Crippen LogP contribution >= 0.6 is 0 Å². The van der Waals surface area contributed by atoms with Crippen LogP contribution in [0.4, 0.5) is 0 Å². The Labute approximate surface area is 110 Å². The second-order valence-electron chi connectivity index (χ2n) is 7.49. The SMILES string of the molecule is CC1OC2(CC(C(C)(C)C)N(C(C)(C)C)C2=O)O1. The van der Waals surface area contributed by atoms with Crippen molar-refractivity contribution in [2.24, 2.45) is 5.41 Å². The number of hydrogen-bond donors (Lipinski definition) is 0. The van der Waals surface area contributed by atoms with Gasteiger partial charge in [0.1, 0.15) is 0 Å². The molecule has 0 radical (unpaired) electrons. The predicted molar refractivity (Wildman–Crippen MR) is 68.8 cm³/mol. The predicted octanol–water partition coefficient (Wildman–Crippen LogP) is 2.52. The fourth-order valence-corrected chi connectivity index (χ4v) is 2.97. The molecule has 0 N–H and O–H groups in total. The molecule has 1 unspecified atom stereocenters. The molecule has 18 heavy (non-hydrogen) atoms. The second-order valence-corrected chi connectivity index (χ2v) is 7.49. The highest BCUT2D eigenvalue weighted by atomic mass is 16.9. The number of ether oxygens (including phenoxy) is 2. The third-order valence-corrected chi connectivity index (χ3v) is 3.75. The lowest BCUT2D eigenvalue weighted by Gasteiger charge is -2.43. The third-order valence-electron chi connectivity index (χ3n) is 3.75. The van der Waals surface area contributed by atoms with Crippen LogP contribution in [-0.4, -0.2) is 34.5 Å². The zero-order valence-electron chi connectivity index (χ0n) is 12.5. The molecule has 0 aliphatic carbocycles. The maximum Gasteiger partial charge on any atom is 0.283 e. The average Bonchev–Trinajstić information content (AvgIpc) is 2.38. The summed E-state index contributed by atoms with van der Waals surface area (Å²) in [5, 5.41) is 0. The average molecular weight is 255 g/mol. The summed E-state index contributed by atoms with van der Waals surface area (Å²) in [5.41, 5.74) is -0.206. The molecule has 1 atom stereocenters. The summed E-state index contributed by atoms with van der Waals surface area (Å²) in [7, 11) is 0. The van der Waals surface area contributed by atoms with Crippen molar-refractivity contribution >= 4 is 5.91 Å². The van der Waals surface area contributed by atoms with Gasteiger partial charge in [-0.25, -0.2) is 0 Å². The van der Waals surface area contributed by atoms with Crippen molar-refractivity contribution in [2.75, 3.05) is 0 Å². The molecular weight excluding hydrogens is 230 g/mol. The summed E-state index contributed by atoms with van der Waals surface area (Å²) in [4.78, 5) is 14.6. The van der Waals surface area contributed by atoms with Crippen LogP contribution in [0.5, 0.6) is 0 Å². The van der Waals surface area contributed by atoms with Crippen LogP contribution in [0.3, 0.4) is 0 Å². The molecule has 2 fully saturated rings. The Morgan fingerprint density at radius 1 is 1.17 bits per heavy atom. The fraction of sp³-hybridized carbons (Fsp3) is 0.929. The Hall–Kier alpha value is -0.610. The summed E-state index contributed by atoms with van der Waals surface area (Å²) in [6.45, 7) is 14.5. The zero-order chi connectivity index (χ0) is 13.9. The van der Waals surface area contributed by atoms with Crippen LogP contribution in [0.15, 0.2) is 0 Å². The van der Waals surface area contributed by atoms with Gasteiger partial charge >= 0.3 is 0 Å². The van der Waals surface area contributed by atoms with E-state index in [1.54, 1.807) is 0 Å². The number of rotatable bonds is 0. The van der Waals surface area contributed by atoms with Gasteiger partial charge in [0.2, 0.25) is 0 Å². The summed E-state index contributed by atoms with van der Waals surface area (Å²) in [5.74, 6) is -1.03. The molecule has 1 amide bonds. The summed E-state index contributed by atoms with van der Waals surface area (Å²) in [6, 6.07) is 0.137. The Balaban J connectivity index is 2.34. The maximum absolute atomic E-state index is 12.6. The van der Waals surface area contributed by atoms with Gasteiger partial charge in [0.05, 0.1) is 0 Å². The van der Waals surface area contributed by atoms with Gasteiger partial charge < -0.3 is 14.4 Å². The lowest BCUT2D eigenvalue weighted by Crippen LogP contribution is -2.59. The molecule has 1 spiro atoms. The first-order chi connectivity index (χ1) is 7.97. The number of amides is 1. The normalized spacial score (nSPS) is 37.3. The van der Waals surface area contributed by atoms with E-state index in [4.69, 9.17) is 9.47 Å².